The van der Waals surface area contributed by atoms with Gasteiger partial charge in [-0.2, -0.15) is 0 Å². The topological polar surface area (TPSA) is 74.6 Å². The zero-order valence-corrected chi connectivity index (χ0v) is 22.2. The normalized spacial score (nSPS) is 50.6. The van der Waals surface area contributed by atoms with Gasteiger partial charge in [0, 0.05) is 11.3 Å². The summed E-state index contributed by atoms with van der Waals surface area (Å²) in [5.41, 5.74) is 0.616. The summed E-state index contributed by atoms with van der Waals surface area (Å²) >= 11 is 0. The van der Waals surface area contributed by atoms with Crippen LogP contribution in [0.1, 0.15) is 93.4 Å². The minimum atomic E-state index is -0.867. The summed E-state index contributed by atoms with van der Waals surface area (Å²) in [5.74, 6) is -0.298. The third-order valence-electron chi connectivity index (χ3n) is 12.6. The van der Waals surface area contributed by atoms with Crippen molar-refractivity contribution in [2.45, 2.75) is 99.5 Å². The fraction of sp³-hybridized carbons (Fsp3) is 0.800. The van der Waals surface area contributed by atoms with E-state index >= 15 is 0 Å². The van der Waals surface area contributed by atoms with Gasteiger partial charge in [-0.05, 0) is 84.0 Å². The van der Waals surface area contributed by atoms with Crippen molar-refractivity contribution in [2.75, 3.05) is 0 Å². The molecule has 0 aromatic carbocycles. The van der Waals surface area contributed by atoms with Gasteiger partial charge in [-0.15, -0.1) is 0 Å². The third kappa shape index (κ3) is 2.59. The van der Waals surface area contributed by atoms with Crippen molar-refractivity contribution >= 4 is 12.3 Å². The molecule has 0 aromatic heterocycles. The molecule has 0 saturated heterocycles. The summed E-state index contributed by atoms with van der Waals surface area (Å²) < 4.78 is 0. The smallest absolute Gasteiger partial charge is 0.310 e. The van der Waals surface area contributed by atoms with Crippen LogP contribution in [0.2, 0.25) is 0 Å². The Morgan fingerprint density at radius 1 is 0.971 bits per heavy atom. The Labute approximate surface area is 205 Å². The first kappa shape index (κ1) is 24.3. The predicted octanol–water partition coefficient (Wildman–Crippen LogP) is 6.19. The summed E-state index contributed by atoms with van der Waals surface area (Å²) in [4.78, 5) is 25.1. The molecule has 4 heteroatoms. The minimum Gasteiger partial charge on any atom is -0.481 e. The molecule has 0 bridgehead atoms. The molecule has 5 aliphatic rings. The molecule has 3 saturated carbocycles. The highest BCUT2D eigenvalue weighted by atomic mass is 16.4. The van der Waals surface area contributed by atoms with E-state index in [1.165, 1.54) is 5.57 Å². The van der Waals surface area contributed by atoms with Crippen LogP contribution in [0.4, 0.5) is 0 Å². The third-order valence-corrected chi connectivity index (χ3v) is 12.6. The van der Waals surface area contributed by atoms with E-state index in [2.05, 4.69) is 60.6 Å². The van der Waals surface area contributed by atoms with E-state index in [1.54, 1.807) is 0 Å². The standard InChI is InChI=1S/C30H44O4/c1-25(2)12-14-30(24(33)34)15-13-27(5)19(22(30)23(25)32)8-9-21-28(27,6)11-10-20-26(3,4)16-18(17-31)29(20,21)7/h8,16-17,20-23,32H,9-15H2,1-7H3,(H,33,34)/t20-,21-,22+,23-,27+,28+,29-,30-/m0/s1. The molecule has 5 aliphatic carbocycles. The summed E-state index contributed by atoms with van der Waals surface area (Å²) in [6.45, 7) is 15.9. The van der Waals surface area contributed by atoms with Gasteiger partial charge in [0.2, 0.25) is 0 Å². The van der Waals surface area contributed by atoms with Crippen molar-refractivity contribution < 1.29 is 19.8 Å². The lowest BCUT2D eigenvalue weighted by Gasteiger charge is -2.69. The second kappa shape index (κ2) is 6.87. The van der Waals surface area contributed by atoms with Crippen LogP contribution in [-0.2, 0) is 9.59 Å². The van der Waals surface area contributed by atoms with Gasteiger partial charge in [0.25, 0.3) is 0 Å². The second-order valence-electron chi connectivity index (χ2n) is 14.5. The Morgan fingerprint density at radius 2 is 1.62 bits per heavy atom. The number of carbonyl (C=O) groups excluding carboxylic acids is 1. The van der Waals surface area contributed by atoms with Gasteiger partial charge >= 0.3 is 5.97 Å². The average Bonchev–Trinajstić information content (AvgIpc) is 2.96. The van der Waals surface area contributed by atoms with Gasteiger partial charge in [0.05, 0.1) is 11.5 Å². The SMILES string of the molecule is CC1(C)C=C(C=O)[C@]2(C)[C@H]3CC=C4[C@@H]5[C@H](O)C(C)(C)CC[C@]5(C(=O)O)CC[C@@]4(C)[C@]3(C)CC[C@@H]12. The number of aliphatic hydroxyl groups excluding tert-OH is 1. The monoisotopic (exact) mass is 468 g/mol. The van der Waals surface area contributed by atoms with Crippen molar-refractivity contribution in [1.82, 2.24) is 0 Å². The number of fused-ring (bicyclic) bond motifs is 7. The van der Waals surface area contributed by atoms with Crippen molar-refractivity contribution in [3.63, 3.8) is 0 Å². The van der Waals surface area contributed by atoms with E-state index in [0.29, 0.717) is 24.7 Å². The van der Waals surface area contributed by atoms with E-state index in [-0.39, 0.29) is 33.0 Å². The lowest BCUT2D eigenvalue weighted by molar-refractivity contribution is -0.187. The number of hydrogen-bond acceptors (Lipinski definition) is 3. The van der Waals surface area contributed by atoms with E-state index < -0.39 is 17.5 Å². The molecule has 3 fully saturated rings. The van der Waals surface area contributed by atoms with Crippen LogP contribution in [-0.4, -0.2) is 28.6 Å². The van der Waals surface area contributed by atoms with E-state index in [4.69, 9.17) is 0 Å². The molecule has 0 radical (unpaired) electrons. The van der Waals surface area contributed by atoms with Crippen molar-refractivity contribution in [1.29, 1.82) is 0 Å². The van der Waals surface area contributed by atoms with E-state index in [0.717, 1.165) is 44.0 Å². The maximum Gasteiger partial charge on any atom is 0.310 e. The Hall–Kier alpha value is -1.42. The molecule has 0 aliphatic heterocycles. The molecule has 0 amide bonds. The molecule has 4 nitrogen and oxygen atoms in total. The maximum atomic E-state index is 12.8. The number of hydrogen-bond donors (Lipinski definition) is 2. The number of carboxylic acid groups (broad SMARTS) is 1. The number of carboxylic acids is 1. The molecule has 8 atom stereocenters. The van der Waals surface area contributed by atoms with Gasteiger partial charge in [0.15, 0.2) is 0 Å². The van der Waals surface area contributed by atoms with Crippen molar-refractivity contribution in [2.24, 2.45) is 50.2 Å². The van der Waals surface area contributed by atoms with Gasteiger partial charge in [-0.25, -0.2) is 0 Å². The van der Waals surface area contributed by atoms with E-state index in [9.17, 15) is 19.8 Å². The molecule has 0 spiro atoms. The Kier molecular flexibility index (Phi) is 4.90. The first-order chi connectivity index (χ1) is 15.6. The minimum absolute atomic E-state index is 0.00579. The zero-order chi connectivity index (χ0) is 25.1. The van der Waals surface area contributed by atoms with Crippen LogP contribution in [0.25, 0.3) is 0 Å². The molecule has 0 aromatic rings. The second-order valence-corrected chi connectivity index (χ2v) is 14.5. The van der Waals surface area contributed by atoms with Gasteiger partial charge in [-0.3, -0.25) is 9.59 Å². The fourth-order valence-corrected chi connectivity index (χ4v) is 10.2. The maximum absolute atomic E-state index is 12.8. The molecule has 0 unspecified atom stereocenters. The number of allylic oxidation sites excluding steroid dienone is 3. The first-order valence-corrected chi connectivity index (χ1v) is 13.4. The molecular weight excluding hydrogens is 424 g/mol. The van der Waals surface area contributed by atoms with Crippen molar-refractivity contribution in [3.05, 3.63) is 23.3 Å². The molecule has 2 N–H and O–H groups in total. The van der Waals surface area contributed by atoms with E-state index in [1.807, 2.05) is 0 Å². The van der Waals surface area contributed by atoms with Crippen LogP contribution >= 0.6 is 0 Å². The predicted molar refractivity (Wildman–Crippen MR) is 133 cm³/mol. The van der Waals surface area contributed by atoms with Gasteiger partial charge in [-0.1, -0.05) is 66.2 Å². The molecule has 188 valence electrons. The highest BCUT2D eigenvalue weighted by molar-refractivity contribution is 5.78. The van der Waals surface area contributed by atoms with Gasteiger partial charge in [0.1, 0.15) is 6.29 Å². The number of aldehydes is 1. The number of aliphatic hydroxyl groups is 1. The Balaban J connectivity index is 1.67. The summed E-state index contributed by atoms with van der Waals surface area (Å²) in [7, 11) is 0. The average molecular weight is 469 g/mol. The molecular formula is C30H44O4. The number of carbonyl (C=O) groups is 2. The van der Waals surface area contributed by atoms with Crippen molar-refractivity contribution in [3.8, 4) is 0 Å². The van der Waals surface area contributed by atoms with Crippen LogP contribution in [0.15, 0.2) is 23.3 Å². The van der Waals surface area contributed by atoms with Crippen LogP contribution in [0, 0.1) is 50.2 Å². The molecule has 0 heterocycles. The highest BCUT2D eigenvalue weighted by Gasteiger charge is 2.71. The highest BCUT2D eigenvalue weighted by Crippen LogP contribution is 2.76. The van der Waals surface area contributed by atoms with Crippen LogP contribution < -0.4 is 0 Å². The fourth-order valence-electron chi connectivity index (χ4n) is 10.2. The molecule has 5 rings (SSSR count). The Morgan fingerprint density at radius 3 is 2.24 bits per heavy atom. The quantitative estimate of drug-likeness (QED) is 0.374. The lowest BCUT2D eigenvalue weighted by Crippen LogP contribution is -2.65. The number of aliphatic carboxylic acids is 1. The van der Waals surface area contributed by atoms with Crippen LogP contribution in [0.3, 0.4) is 0 Å². The lowest BCUT2D eigenvalue weighted by atomic mass is 9.35. The Bertz CT molecular complexity index is 1000. The van der Waals surface area contributed by atoms with Crippen LogP contribution in [0.5, 0.6) is 0 Å². The number of rotatable bonds is 2. The summed E-state index contributed by atoms with van der Waals surface area (Å²) in [6.07, 6.45) is 10.9. The molecule has 34 heavy (non-hydrogen) atoms. The first-order valence-electron chi connectivity index (χ1n) is 13.4. The summed E-state index contributed by atoms with van der Waals surface area (Å²) in [5, 5.41) is 22.2. The summed E-state index contributed by atoms with van der Waals surface area (Å²) in [6, 6.07) is 0. The van der Waals surface area contributed by atoms with Gasteiger partial charge < -0.3 is 10.2 Å². The largest absolute Gasteiger partial charge is 0.481 e. The zero-order valence-electron chi connectivity index (χ0n) is 22.2.